The number of hydrogen-bond donors (Lipinski definition) is 2. The molecule has 0 aromatic carbocycles. The van der Waals surface area contributed by atoms with Gasteiger partial charge in [0, 0.05) is 6.04 Å². The van der Waals surface area contributed by atoms with Crippen LogP contribution in [0.15, 0.2) is 0 Å². The minimum absolute atomic E-state index is 0. The van der Waals surface area contributed by atoms with Crippen LogP contribution >= 0.6 is 12.4 Å². The Hall–Kier alpha value is -0.810. The Morgan fingerprint density at radius 1 is 1.44 bits per heavy atom. The molecule has 1 heterocycles. The summed E-state index contributed by atoms with van der Waals surface area (Å²) in [6, 6.07) is -0.345. The van der Waals surface area contributed by atoms with Crippen molar-refractivity contribution in [3.05, 3.63) is 0 Å². The molecule has 0 aromatic rings. The Labute approximate surface area is 114 Å². The van der Waals surface area contributed by atoms with E-state index in [1.807, 2.05) is 13.8 Å². The second kappa shape index (κ2) is 8.32. The van der Waals surface area contributed by atoms with Crippen molar-refractivity contribution >= 4 is 24.3 Å². The lowest BCUT2D eigenvalue weighted by Gasteiger charge is -2.32. The summed E-state index contributed by atoms with van der Waals surface area (Å²) in [6.45, 7) is 4.85. The van der Waals surface area contributed by atoms with E-state index in [1.165, 1.54) is 0 Å². The normalized spacial score (nSPS) is 21.8. The molecule has 18 heavy (non-hydrogen) atoms. The lowest BCUT2D eigenvalue weighted by atomic mass is 10.0. The molecular weight excluding hydrogens is 256 g/mol. The number of aliphatic carboxylic acids is 1. The maximum absolute atomic E-state index is 11.7. The molecule has 2 unspecified atom stereocenters. The number of piperidine rings is 1. The first kappa shape index (κ1) is 17.2. The number of likely N-dealkylation sites (tertiary alicyclic amines) is 1. The van der Waals surface area contributed by atoms with E-state index < -0.39 is 12.0 Å². The summed E-state index contributed by atoms with van der Waals surface area (Å²) in [4.78, 5) is 24.5. The number of hydrogen-bond acceptors (Lipinski definition) is 3. The highest BCUT2D eigenvalue weighted by Gasteiger charge is 2.29. The van der Waals surface area contributed by atoms with Crippen LogP contribution in [0, 0.1) is 0 Å². The van der Waals surface area contributed by atoms with E-state index in [1.54, 1.807) is 4.90 Å². The number of halogens is 1. The zero-order valence-electron chi connectivity index (χ0n) is 11.0. The highest BCUT2D eigenvalue weighted by Crippen LogP contribution is 2.16. The quantitative estimate of drug-likeness (QED) is 0.794. The summed E-state index contributed by atoms with van der Waals surface area (Å²) in [7, 11) is 0. The van der Waals surface area contributed by atoms with Gasteiger partial charge in [-0.05, 0) is 32.7 Å². The van der Waals surface area contributed by atoms with E-state index in [2.05, 4.69) is 5.32 Å². The number of amides is 1. The number of rotatable bonds is 5. The predicted octanol–water partition coefficient (Wildman–Crippen LogP) is 1.26. The van der Waals surface area contributed by atoms with Gasteiger partial charge in [0.2, 0.25) is 5.91 Å². The zero-order valence-corrected chi connectivity index (χ0v) is 11.8. The molecule has 6 heteroatoms. The summed E-state index contributed by atoms with van der Waals surface area (Å²) in [5, 5.41) is 11.9. The van der Waals surface area contributed by atoms with Crippen molar-refractivity contribution in [3.8, 4) is 0 Å². The second-order valence-electron chi connectivity index (χ2n) is 4.70. The average Bonchev–Trinajstić information content (AvgIpc) is 2.29. The highest BCUT2D eigenvalue weighted by atomic mass is 35.5. The van der Waals surface area contributed by atoms with E-state index in [-0.39, 0.29) is 30.9 Å². The van der Waals surface area contributed by atoms with Gasteiger partial charge >= 0.3 is 5.97 Å². The number of nitrogens with one attached hydrogen (secondary N) is 1. The Kier molecular flexibility index (Phi) is 7.95. The van der Waals surface area contributed by atoms with Crippen LogP contribution in [0.4, 0.5) is 0 Å². The van der Waals surface area contributed by atoms with Crippen LogP contribution in [-0.2, 0) is 9.59 Å². The molecule has 0 aromatic heterocycles. The van der Waals surface area contributed by atoms with E-state index in [4.69, 9.17) is 5.11 Å². The van der Waals surface area contributed by atoms with Gasteiger partial charge in [0.05, 0.1) is 6.54 Å². The smallest absolute Gasteiger partial charge is 0.320 e. The monoisotopic (exact) mass is 278 g/mol. The van der Waals surface area contributed by atoms with Crippen LogP contribution in [0.5, 0.6) is 0 Å². The van der Waals surface area contributed by atoms with Crippen molar-refractivity contribution < 1.29 is 14.7 Å². The SMILES string of the molecule is CCC(C)NC(=O)CN1CCCCC1C(=O)O.Cl. The lowest BCUT2D eigenvalue weighted by molar-refractivity contribution is -0.145. The minimum atomic E-state index is -0.818. The van der Waals surface area contributed by atoms with Gasteiger partial charge in [-0.15, -0.1) is 12.4 Å². The summed E-state index contributed by atoms with van der Waals surface area (Å²) >= 11 is 0. The van der Waals surface area contributed by atoms with E-state index in [0.29, 0.717) is 13.0 Å². The Bertz CT molecular complexity index is 286. The van der Waals surface area contributed by atoms with Gasteiger partial charge < -0.3 is 10.4 Å². The molecule has 0 aliphatic carbocycles. The number of carbonyl (C=O) groups is 2. The molecule has 1 aliphatic rings. The van der Waals surface area contributed by atoms with Crippen LogP contribution in [0.25, 0.3) is 0 Å². The number of carbonyl (C=O) groups excluding carboxylic acids is 1. The summed E-state index contributed by atoms with van der Waals surface area (Å²) < 4.78 is 0. The van der Waals surface area contributed by atoms with Crippen LogP contribution in [0.2, 0.25) is 0 Å². The molecule has 2 atom stereocenters. The molecule has 0 spiro atoms. The molecule has 0 bridgehead atoms. The van der Waals surface area contributed by atoms with Gasteiger partial charge in [0.15, 0.2) is 0 Å². The predicted molar refractivity (Wildman–Crippen MR) is 72.0 cm³/mol. The molecule has 0 radical (unpaired) electrons. The highest BCUT2D eigenvalue weighted by molar-refractivity contribution is 5.85. The Morgan fingerprint density at radius 3 is 2.67 bits per heavy atom. The molecular formula is C12H23ClN2O3. The van der Waals surface area contributed by atoms with Crippen LogP contribution in [0.1, 0.15) is 39.5 Å². The van der Waals surface area contributed by atoms with Crippen molar-refractivity contribution in [2.24, 2.45) is 0 Å². The minimum Gasteiger partial charge on any atom is -0.480 e. The summed E-state index contributed by atoms with van der Waals surface area (Å²) in [5.41, 5.74) is 0. The molecule has 1 fully saturated rings. The fourth-order valence-electron chi connectivity index (χ4n) is 2.07. The average molecular weight is 279 g/mol. The topological polar surface area (TPSA) is 69.6 Å². The van der Waals surface area contributed by atoms with Crippen molar-refractivity contribution in [3.63, 3.8) is 0 Å². The van der Waals surface area contributed by atoms with Gasteiger partial charge in [0.25, 0.3) is 0 Å². The van der Waals surface area contributed by atoms with Gasteiger partial charge in [-0.25, -0.2) is 0 Å². The maximum atomic E-state index is 11.7. The van der Waals surface area contributed by atoms with Crippen molar-refractivity contribution in [1.82, 2.24) is 10.2 Å². The zero-order chi connectivity index (χ0) is 12.8. The van der Waals surface area contributed by atoms with Crippen LogP contribution in [0.3, 0.4) is 0 Å². The third-order valence-corrected chi connectivity index (χ3v) is 3.27. The van der Waals surface area contributed by atoms with Crippen molar-refractivity contribution in [1.29, 1.82) is 0 Å². The number of carboxylic acids is 1. The molecule has 5 nitrogen and oxygen atoms in total. The third-order valence-electron chi connectivity index (χ3n) is 3.27. The van der Waals surface area contributed by atoms with Gasteiger partial charge in [-0.3, -0.25) is 14.5 Å². The Balaban J connectivity index is 0.00000289. The first-order chi connectivity index (χ1) is 8.04. The van der Waals surface area contributed by atoms with Crippen molar-refractivity contribution in [2.75, 3.05) is 13.1 Å². The van der Waals surface area contributed by atoms with Crippen LogP contribution in [-0.4, -0.2) is 47.1 Å². The lowest BCUT2D eigenvalue weighted by Crippen LogP contribution is -2.50. The first-order valence-corrected chi connectivity index (χ1v) is 6.30. The van der Waals surface area contributed by atoms with Gasteiger partial charge in [-0.2, -0.15) is 0 Å². The maximum Gasteiger partial charge on any atom is 0.320 e. The molecule has 1 saturated heterocycles. The Morgan fingerprint density at radius 2 is 2.11 bits per heavy atom. The molecule has 1 aliphatic heterocycles. The number of carboxylic acid groups (broad SMARTS) is 1. The molecule has 1 rings (SSSR count). The van der Waals surface area contributed by atoms with Gasteiger partial charge in [0.1, 0.15) is 6.04 Å². The molecule has 1 amide bonds. The van der Waals surface area contributed by atoms with Crippen molar-refractivity contribution in [2.45, 2.75) is 51.6 Å². The van der Waals surface area contributed by atoms with E-state index in [0.717, 1.165) is 19.3 Å². The largest absolute Gasteiger partial charge is 0.480 e. The second-order valence-corrected chi connectivity index (χ2v) is 4.70. The summed E-state index contributed by atoms with van der Waals surface area (Å²) in [5.74, 6) is -0.895. The molecule has 2 N–H and O–H groups in total. The number of nitrogens with zero attached hydrogens (tertiary/aromatic N) is 1. The van der Waals surface area contributed by atoms with E-state index >= 15 is 0 Å². The molecule has 106 valence electrons. The van der Waals surface area contributed by atoms with Crippen LogP contribution < -0.4 is 5.32 Å². The third kappa shape index (κ3) is 5.23. The van der Waals surface area contributed by atoms with Gasteiger partial charge in [-0.1, -0.05) is 13.3 Å². The standard InChI is InChI=1S/C12H22N2O3.ClH/c1-3-9(2)13-11(15)8-14-7-5-4-6-10(14)12(16)17;/h9-10H,3-8H2,1-2H3,(H,13,15)(H,16,17);1H. The fraction of sp³-hybridized carbons (Fsp3) is 0.833. The fourth-order valence-corrected chi connectivity index (χ4v) is 2.07. The molecule has 0 saturated carbocycles. The van der Waals surface area contributed by atoms with E-state index in [9.17, 15) is 9.59 Å². The summed E-state index contributed by atoms with van der Waals surface area (Å²) in [6.07, 6.45) is 3.43. The first-order valence-electron chi connectivity index (χ1n) is 6.30.